The average Bonchev–Trinajstić information content (AvgIpc) is 3.06. The third kappa shape index (κ3) is 3.02. The standard InChI is InChI=1S/C16H22N2O2/c19-11-12-6-7-18(9-12)10-16(20)17-15-5-4-13-2-1-3-14(13)8-15/h4-5,8,12,19H,1-3,6-7,9-11H2,(H,17,20). The highest BCUT2D eigenvalue weighted by molar-refractivity contribution is 5.92. The molecule has 2 aliphatic rings. The van der Waals surface area contributed by atoms with Gasteiger partial charge in [-0.3, -0.25) is 9.69 Å². The number of nitrogens with zero attached hydrogens (tertiary/aromatic N) is 1. The fraction of sp³-hybridized carbons (Fsp3) is 0.562. The molecule has 20 heavy (non-hydrogen) atoms. The van der Waals surface area contributed by atoms with E-state index in [1.165, 1.54) is 24.0 Å². The van der Waals surface area contributed by atoms with Crippen molar-refractivity contribution in [2.24, 2.45) is 5.92 Å². The van der Waals surface area contributed by atoms with Crippen molar-refractivity contribution in [3.8, 4) is 0 Å². The molecule has 0 spiro atoms. The third-order valence-electron chi connectivity index (χ3n) is 4.38. The molecule has 4 nitrogen and oxygen atoms in total. The van der Waals surface area contributed by atoms with E-state index in [1.54, 1.807) is 0 Å². The maximum Gasteiger partial charge on any atom is 0.238 e. The topological polar surface area (TPSA) is 52.6 Å². The number of amides is 1. The van der Waals surface area contributed by atoms with Crippen molar-refractivity contribution in [3.63, 3.8) is 0 Å². The van der Waals surface area contributed by atoms with Gasteiger partial charge in [0, 0.05) is 18.8 Å². The Hall–Kier alpha value is -1.39. The molecule has 0 bridgehead atoms. The predicted molar refractivity (Wildman–Crippen MR) is 78.7 cm³/mol. The molecule has 0 aromatic heterocycles. The summed E-state index contributed by atoms with van der Waals surface area (Å²) >= 11 is 0. The van der Waals surface area contributed by atoms with Crippen LogP contribution in [0.1, 0.15) is 24.0 Å². The lowest BCUT2D eigenvalue weighted by Gasteiger charge is -2.15. The maximum atomic E-state index is 12.0. The molecule has 0 radical (unpaired) electrons. The summed E-state index contributed by atoms with van der Waals surface area (Å²) in [6, 6.07) is 6.25. The number of carbonyl (C=O) groups excluding carboxylic acids is 1. The summed E-state index contributed by atoms with van der Waals surface area (Å²) in [6.07, 6.45) is 4.51. The van der Waals surface area contributed by atoms with Gasteiger partial charge in [0.1, 0.15) is 0 Å². The van der Waals surface area contributed by atoms with Gasteiger partial charge in [-0.05, 0) is 61.4 Å². The number of benzene rings is 1. The van der Waals surface area contributed by atoms with E-state index in [0.29, 0.717) is 12.5 Å². The van der Waals surface area contributed by atoms with Gasteiger partial charge in [0.05, 0.1) is 6.54 Å². The lowest BCUT2D eigenvalue weighted by atomic mass is 10.1. The van der Waals surface area contributed by atoms with Crippen LogP contribution in [-0.4, -0.2) is 42.2 Å². The van der Waals surface area contributed by atoms with Gasteiger partial charge >= 0.3 is 0 Å². The van der Waals surface area contributed by atoms with Gasteiger partial charge < -0.3 is 10.4 Å². The summed E-state index contributed by atoms with van der Waals surface area (Å²) in [5, 5.41) is 12.1. The number of aliphatic hydroxyl groups is 1. The molecular formula is C16H22N2O2. The van der Waals surface area contributed by atoms with Crippen LogP contribution in [0, 0.1) is 5.92 Å². The zero-order valence-corrected chi connectivity index (χ0v) is 11.8. The van der Waals surface area contributed by atoms with Gasteiger partial charge in [0.25, 0.3) is 0 Å². The summed E-state index contributed by atoms with van der Waals surface area (Å²) < 4.78 is 0. The first kappa shape index (κ1) is 13.6. The lowest BCUT2D eigenvalue weighted by molar-refractivity contribution is -0.117. The Kier molecular flexibility index (Phi) is 4.03. The van der Waals surface area contributed by atoms with Crippen LogP contribution in [0.5, 0.6) is 0 Å². The van der Waals surface area contributed by atoms with E-state index >= 15 is 0 Å². The third-order valence-corrected chi connectivity index (χ3v) is 4.38. The number of nitrogens with one attached hydrogen (secondary N) is 1. The van der Waals surface area contributed by atoms with Gasteiger partial charge in [0.2, 0.25) is 5.91 Å². The Labute approximate surface area is 119 Å². The number of hydrogen-bond donors (Lipinski definition) is 2. The van der Waals surface area contributed by atoms with Crippen LogP contribution in [0.4, 0.5) is 5.69 Å². The molecule has 1 atom stereocenters. The van der Waals surface area contributed by atoms with Crippen LogP contribution >= 0.6 is 0 Å². The van der Waals surface area contributed by atoms with Crippen LogP contribution < -0.4 is 5.32 Å². The van der Waals surface area contributed by atoms with E-state index in [1.807, 2.05) is 6.07 Å². The highest BCUT2D eigenvalue weighted by Crippen LogP contribution is 2.25. The van der Waals surface area contributed by atoms with Crippen molar-refractivity contribution >= 4 is 11.6 Å². The number of hydrogen-bond acceptors (Lipinski definition) is 3. The van der Waals surface area contributed by atoms with Gasteiger partial charge in [-0.15, -0.1) is 0 Å². The van der Waals surface area contributed by atoms with Gasteiger partial charge in [-0.2, -0.15) is 0 Å². The second-order valence-corrected chi connectivity index (χ2v) is 5.96. The van der Waals surface area contributed by atoms with E-state index in [2.05, 4.69) is 22.3 Å². The highest BCUT2D eigenvalue weighted by Gasteiger charge is 2.23. The van der Waals surface area contributed by atoms with Crippen molar-refractivity contribution in [1.82, 2.24) is 4.90 Å². The Morgan fingerprint density at radius 3 is 3.00 bits per heavy atom. The minimum Gasteiger partial charge on any atom is -0.396 e. The normalized spacial score (nSPS) is 21.9. The Morgan fingerprint density at radius 1 is 1.35 bits per heavy atom. The zero-order chi connectivity index (χ0) is 13.9. The van der Waals surface area contributed by atoms with Crippen LogP contribution in [0.2, 0.25) is 0 Å². The Balaban J connectivity index is 1.54. The fourth-order valence-corrected chi connectivity index (χ4v) is 3.26. The first-order valence-electron chi connectivity index (χ1n) is 7.49. The number of anilines is 1. The average molecular weight is 274 g/mol. The molecule has 1 saturated heterocycles. The Bertz CT molecular complexity index is 501. The van der Waals surface area contributed by atoms with Gasteiger partial charge in [0.15, 0.2) is 0 Å². The van der Waals surface area contributed by atoms with Crippen molar-refractivity contribution in [3.05, 3.63) is 29.3 Å². The number of carbonyl (C=O) groups is 1. The first-order valence-corrected chi connectivity index (χ1v) is 7.49. The number of aryl methyl sites for hydroxylation is 2. The molecule has 1 aromatic rings. The molecule has 4 heteroatoms. The molecule has 3 rings (SSSR count). The Morgan fingerprint density at radius 2 is 2.20 bits per heavy atom. The van der Waals surface area contributed by atoms with Crippen molar-refractivity contribution in [2.45, 2.75) is 25.7 Å². The molecular weight excluding hydrogens is 252 g/mol. The second-order valence-electron chi connectivity index (χ2n) is 5.96. The van der Waals surface area contributed by atoms with E-state index in [0.717, 1.165) is 31.6 Å². The lowest BCUT2D eigenvalue weighted by Crippen LogP contribution is -2.31. The second kappa shape index (κ2) is 5.94. The van der Waals surface area contributed by atoms with Crippen LogP contribution in [0.25, 0.3) is 0 Å². The SMILES string of the molecule is O=C(CN1CCC(CO)C1)Nc1ccc2c(c1)CCC2. The largest absolute Gasteiger partial charge is 0.396 e. The smallest absolute Gasteiger partial charge is 0.238 e. The number of likely N-dealkylation sites (tertiary alicyclic amines) is 1. The molecule has 1 unspecified atom stereocenters. The number of rotatable bonds is 4. The quantitative estimate of drug-likeness (QED) is 0.873. The number of aliphatic hydroxyl groups excluding tert-OH is 1. The van der Waals surface area contributed by atoms with Gasteiger partial charge in [-0.1, -0.05) is 6.07 Å². The van der Waals surface area contributed by atoms with Crippen LogP contribution in [0.3, 0.4) is 0 Å². The molecule has 1 fully saturated rings. The maximum absolute atomic E-state index is 12.0. The number of fused-ring (bicyclic) bond motifs is 1. The van der Waals surface area contributed by atoms with E-state index in [9.17, 15) is 4.79 Å². The summed E-state index contributed by atoms with van der Waals surface area (Å²) in [4.78, 5) is 14.2. The molecule has 1 aliphatic heterocycles. The van der Waals surface area contributed by atoms with Gasteiger partial charge in [-0.25, -0.2) is 0 Å². The minimum atomic E-state index is 0.0431. The minimum absolute atomic E-state index is 0.0431. The highest BCUT2D eigenvalue weighted by atomic mass is 16.3. The van der Waals surface area contributed by atoms with Crippen molar-refractivity contribution in [2.75, 3.05) is 31.6 Å². The van der Waals surface area contributed by atoms with Crippen molar-refractivity contribution in [1.29, 1.82) is 0 Å². The predicted octanol–water partition coefficient (Wildman–Crippen LogP) is 1.43. The molecule has 1 aromatic carbocycles. The van der Waals surface area contributed by atoms with E-state index in [-0.39, 0.29) is 12.5 Å². The van der Waals surface area contributed by atoms with Crippen molar-refractivity contribution < 1.29 is 9.90 Å². The first-order chi connectivity index (χ1) is 9.74. The molecule has 1 aliphatic carbocycles. The zero-order valence-electron chi connectivity index (χ0n) is 11.8. The summed E-state index contributed by atoms with van der Waals surface area (Å²) in [6.45, 7) is 2.38. The summed E-state index contributed by atoms with van der Waals surface area (Å²) in [7, 11) is 0. The molecule has 108 valence electrons. The fourth-order valence-electron chi connectivity index (χ4n) is 3.26. The molecule has 1 amide bonds. The molecule has 1 heterocycles. The summed E-state index contributed by atoms with van der Waals surface area (Å²) in [5.74, 6) is 0.379. The van der Waals surface area contributed by atoms with E-state index < -0.39 is 0 Å². The summed E-state index contributed by atoms with van der Waals surface area (Å²) in [5.41, 5.74) is 3.71. The van der Waals surface area contributed by atoms with Crippen LogP contribution in [0.15, 0.2) is 18.2 Å². The van der Waals surface area contributed by atoms with E-state index in [4.69, 9.17) is 5.11 Å². The monoisotopic (exact) mass is 274 g/mol. The molecule has 2 N–H and O–H groups in total. The van der Waals surface area contributed by atoms with Crippen LogP contribution in [-0.2, 0) is 17.6 Å². The molecule has 0 saturated carbocycles.